The maximum absolute atomic E-state index is 12.4. The fraction of sp³-hybridized carbons (Fsp3) is 0.278. The second kappa shape index (κ2) is 8.68. The van der Waals surface area contributed by atoms with Gasteiger partial charge in [-0.3, -0.25) is 9.59 Å². The molecule has 0 aliphatic rings. The molecule has 0 radical (unpaired) electrons. The van der Waals surface area contributed by atoms with E-state index in [-0.39, 0.29) is 18.7 Å². The maximum atomic E-state index is 12.4. The van der Waals surface area contributed by atoms with E-state index in [9.17, 15) is 14.4 Å². The summed E-state index contributed by atoms with van der Waals surface area (Å²) in [6.45, 7) is 1.71. The van der Waals surface area contributed by atoms with Crippen molar-refractivity contribution in [1.29, 1.82) is 0 Å². The van der Waals surface area contributed by atoms with Crippen molar-refractivity contribution in [3.63, 3.8) is 0 Å². The second-order valence-corrected chi connectivity index (χ2v) is 5.53. The number of primary amides is 1. The van der Waals surface area contributed by atoms with Crippen LogP contribution in [0.2, 0.25) is 0 Å². The zero-order valence-electron chi connectivity index (χ0n) is 13.9. The number of nitrogens with zero attached hydrogens (tertiary/aromatic N) is 1. The molecule has 2 N–H and O–H groups in total. The number of nitrogens with two attached hydrogens (primary N) is 1. The van der Waals surface area contributed by atoms with Crippen LogP contribution in [0.1, 0.15) is 28.1 Å². The van der Waals surface area contributed by atoms with Crippen molar-refractivity contribution in [2.75, 3.05) is 13.2 Å². The molecule has 0 spiro atoms. The molecule has 1 heterocycles. The predicted molar refractivity (Wildman–Crippen MR) is 89.4 cm³/mol. The number of benzene rings is 1. The number of hydrogen-bond donors (Lipinski definition) is 1. The first-order chi connectivity index (χ1) is 12.0. The average molecular weight is 344 g/mol. The van der Waals surface area contributed by atoms with Crippen LogP contribution in [0.25, 0.3) is 0 Å². The Hall–Kier alpha value is -3.09. The van der Waals surface area contributed by atoms with Gasteiger partial charge in [-0.2, -0.15) is 0 Å². The minimum atomic E-state index is -0.703. The number of rotatable bonds is 8. The van der Waals surface area contributed by atoms with Gasteiger partial charge in [0.25, 0.3) is 5.91 Å². The van der Waals surface area contributed by atoms with Crippen molar-refractivity contribution in [3.8, 4) is 0 Å². The van der Waals surface area contributed by atoms with E-state index >= 15 is 0 Å². The first kappa shape index (κ1) is 18.3. The van der Waals surface area contributed by atoms with E-state index in [2.05, 4.69) is 0 Å². The number of carbonyl (C=O) groups is 3. The summed E-state index contributed by atoms with van der Waals surface area (Å²) in [7, 11) is 0. The minimum absolute atomic E-state index is 0.0316. The van der Waals surface area contributed by atoms with Crippen LogP contribution in [0.4, 0.5) is 0 Å². The van der Waals surface area contributed by atoms with E-state index < -0.39 is 24.4 Å². The van der Waals surface area contributed by atoms with Crippen LogP contribution in [-0.2, 0) is 20.9 Å². The molecule has 7 heteroatoms. The van der Waals surface area contributed by atoms with Crippen molar-refractivity contribution in [2.24, 2.45) is 5.73 Å². The summed E-state index contributed by atoms with van der Waals surface area (Å²) in [6, 6.07) is 10.9. The third-order valence-electron chi connectivity index (χ3n) is 3.57. The van der Waals surface area contributed by atoms with Gasteiger partial charge in [-0.1, -0.05) is 30.3 Å². The third kappa shape index (κ3) is 5.49. The Morgan fingerprint density at radius 1 is 1.16 bits per heavy atom. The van der Waals surface area contributed by atoms with Gasteiger partial charge in [-0.15, -0.1) is 0 Å². The fourth-order valence-corrected chi connectivity index (χ4v) is 2.21. The number of amides is 2. The summed E-state index contributed by atoms with van der Waals surface area (Å²) in [5.41, 5.74) is 6.69. The van der Waals surface area contributed by atoms with E-state index in [0.717, 1.165) is 5.56 Å². The highest BCUT2D eigenvalue weighted by Gasteiger charge is 2.20. The van der Waals surface area contributed by atoms with Crippen molar-refractivity contribution in [2.45, 2.75) is 19.9 Å². The Balaban J connectivity index is 1.97. The molecule has 0 atom stereocenters. The molecule has 0 bridgehead atoms. The first-order valence-corrected chi connectivity index (χ1v) is 7.78. The number of carbonyl (C=O) groups excluding carboxylic acids is 3. The van der Waals surface area contributed by atoms with E-state index in [1.807, 2.05) is 30.3 Å². The highest BCUT2D eigenvalue weighted by atomic mass is 16.5. The molecule has 0 aliphatic carbocycles. The van der Waals surface area contributed by atoms with E-state index in [0.29, 0.717) is 12.1 Å². The van der Waals surface area contributed by atoms with Gasteiger partial charge < -0.3 is 19.8 Å². The van der Waals surface area contributed by atoms with Crippen molar-refractivity contribution in [3.05, 3.63) is 59.5 Å². The van der Waals surface area contributed by atoms with E-state index in [4.69, 9.17) is 14.9 Å². The van der Waals surface area contributed by atoms with Crippen molar-refractivity contribution >= 4 is 17.8 Å². The van der Waals surface area contributed by atoms with Gasteiger partial charge in [0.2, 0.25) is 11.7 Å². The molecule has 0 saturated heterocycles. The molecule has 0 saturated carbocycles. The molecule has 2 amide bonds. The molecule has 1 aromatic carbocycles. The Morgan fingerprint density at radius 3 is 2.48 bits per heavy atom. The summed E-state index contributed by atoms with van der Waals surface area (Å²) in [6.07, 6.45) is 1.41. The zero-order chi connectivity index (χ0) is 18.2. The molecule has 7 nitrogen and oxygen atoms in total. The molecule has 0 unspecified atom stereocenters. The molecule has 1 aromatic heterocycles. The highest BCUT2D eigenvalue weighted by Crippen LogP contribution is 2.11. The Bertz CT molecular complexity index is 739. The Morgan fingerprint density at radius 2 is 1.88 bits per heavy atom. The van der Waals surface area contributed by atoms with Crippen LogP contribution in [0.15, 0.2) is 47.1 Å². The summed E-state index contributed by atoms with van der Waals surface area (Å²) >= 11 is 0. The second-order valence-electron chi connectivity index (χ2n) is 5.53. The minimum Gasteiger partial charge on any atom is -0.457 e. The van der Waals surface area contributed by atoms with Gasteiger partial charge in [0.15, 0.2) is 6.61 Å². The molecular weight excluding hydrogens is 324 g/mol. The lowest BCUT2D eigenvalue weighted by Gasteiger charge is -2.22. The summed E-state index contributed by atoms with van der Waals surface area (Å²) in [4.78, 5) is 36.8. The van der Waals surface area contributed by atoms with Gasteiger partial charge in [-0.25, -0.2) is 4.79 Å². The normalized spacial score (nSPS) is 10.3. The Labute approximate surface area is 145 Å². The standard InChI is InChI=1S/C18H20N2O5/c1-13-8-10-24-17(13)18(23)25-12-16(22)20(9-7-15(19)21)11-14-5-3-2-4-6-14/h2-6,8,10H,7,9,11-12H2,1H3,(H2,19,21). The van der Waals surface area contributed by atoms with Crippen LogP contribution in [0.3, 0.4) is 0 Å². The van der Waals surface area contributed by atoms with Crippen molar-refractivity contribution in [1.82, 2.24) is 4.90 Å². The van der Waals surface area contributed by atoms with Crippen LogP contribution in [0, 0.1) is 6.92 Å². The van der Waals surface area contributed by atoms with E-state index in [1.165, 1.54) is 11.2 Å². The number of furan rings is 1. The number of hydrogen-bond acceptors (Lipinski definition) is 5. The molecule has 2 aromatic rings. The lowest BCUT2D eigenvalue weighted by Crippen LogP contribution is -2.36. The highest BCUT2D eigenvalue weighted by molar-refractivity contribution is 5.90. The molecule has 25 heavy (non-hydrogen) atoms. The maximum Gasteiger partial charge on any atom is 0.375 e. The molecule has 2 rings (SSSR count). The fourth-order valence-electron chi connectivity index (χ4n) is 2.21. The van der Waals surface area contributed by atoms with Crippen LogP contribution < -0.4 is 5.73 Å². The topological polar surface area (TPSA) is 103 Å². The number of ether oxygens (including phenoxy) is 1. The van der Waals surface area contributed by atoms with Crippen molar-refractivity contribution < 1.29 is 23.5 Å². The van der Waals surface area contributed by atoms with Gasteiger partial charge in [0.1, 0.15) is 0 Å². The average Bonchev–Trinajstić information content (AvgIpc) is 3.03. The monoisotopic (exact) mass is 344 g/mol. The van der Waals surface area contributed by atoms with Gasteiger partial charge >= 0.3 is 5.97 Å². The molecule has 0 fully saturated rings. The third-order valence-corrected chi connectivity index (χ3v) is 3.57. The van der Waals surface area contributed by atoms with Crippen LogP contribution >= 0.6 is 0 Å². The Kier molecular flexibility index (Phi) is 6.33. The molecular formula is C18H20N2O5. The summed E-state index contributed by atoms with van der Waals surface area (Å²) in [5.74, 6) is -1.55. The van der Waals surface area contributed by atoms with Crippen LogP contribution in [-0.4, -0.2) is 35.8 Å². The predicted octanol–water partition coefficient (Wildman–Crippen LogP) is 1.65. The zero-order valence-corrected chi connectivity index (χ0v) is 13.9. The quantitative estimate of drug-likeness (QED) is 0.734. The first-order valence-electron chi connectivity index (χ1n) is 7.78. The van der Waals surface area contributed by atoms with Gasteiger partial charge in [-0.05, 0) is 18.6 Å². The van der Waals surface area contributed by atoms with Gasteiger partial charge in [0.05, 0.1) is 6.26 Å². The van der Waals surface area contributed by atoms with Crippen LogP contribution in [0.5, 0.6) is 0 Å². The lowest BCUT2D eigenvalue weighted by molar-refractivity contribution is -0.135. The lowest BCUT2D eigenvalue weighted by atomic mass is 10.2. The summed E-state index contributed by atoms with van der Waals surface area (Å²) in [5, 5.41) is 0. The molecule has 132 valence electrons. The summed E-state index contributed by atoms with van der Waals surface area (Å²) < 4.78 is 10.0. The van der Waals surface area contributed by atoms with Gasteiger partial charge in [0, 0.05) is 25.1 Å². The largest absolute Gasteiger partial charge is 0.457 e. The molecule has 0 aliphatic heterocycles. The smallest absolute Gasteiger partial charge is 0.375 e. The number of aryl methyl sites for hydroxylation is 1. The van der Waals surface area contributed by atoms with E-state index in [1.54, 1.807) is 13.0 Å². The number of esters is 1. The SMILES string of the molecule is Cc1ccoc1C(=O)OCC(=O)N(CCC(N)=O)Cc1ccccc1.